The molecule has 2 N–H and O–H groups in total. The highest BCUT2D eigenvalue weighted by molar-refractivity contribution is 7.98. The van der Waals surface area contributed by atoms with Crippen molar-refractivity contribution in [3.8, 4) is 11.5 Å². The van der Waals surface area contributed by atoms with Crippen molar-refractivity contribution >= 4 is 11.8 Å². The van der Waals surface area contributed by atoms with Crippen LogP contribution >= 0.6 is 11.8 Å². The number of β-amino-alcohol motifs (C(OH)–C–C–N with tert-alkyl or cyclic N) is 1. The van der Waals surface area contributed by atoms with E-state index in [4.69, 9.17) is 9.47 Å². The van der Waals surface area contributed by atoms with Gasteiger partial charge in [0.1, 0.15) is 12.7 Å². The van der Waals surface area contributed by atoms with Crippen LogP contribution in [0.4, 0.5) is 0 Å². The molecule has 5 nitrogen and oxygen atoms in total. The lowest BCUT2D eigenvalue weighted by Crippen LogP contribution is -2.36. The van der Waals surface area contributed by atoms with Gasteiger partial charge in [-0.05, 0) is 49.9 Å². The summed E-state index contributed by atoms with van der Waals surface area (Å²) in [5.41, 5.74) is 1.17. The summed E-state index contributed by atoms with van der Waals surface area (Å²) in [6.07, 6.45) is 6.70. The number of thioether (sulfide) groups is 1. The van der Waals surface area contributed by atoms with Crippen LogP contribution in [0.2, 0.25) is 0 Å². The van der Waals surface area contributed by atoms with Crippen LogP contribution in [0.25, 0.3) is 0 Å². The van der Waals surface area contributed by atoms with E-state index in [0.29, 0.717) is 12.3 Å². The first-order valence-corrected chi connectivity index (χ1v) is 11.0. The van der Waals surface area contributed by atoms with Gasteiger partial charge in [0.05, 0.1) is 7.11 Å². The molecular weight excluding hydrogens is 348 g/mol. The first kappa shape index (κ1) is 21.4. The van der Waals surface area contributed by atoms with Gasteiger partial charge in [-0.2, -0.15) is 11.8 Å². The lowest BCUT2D eigenvalue weighted by atomic mass is 10.2. The number of rotatable bonds is 11. The molecule has 0 aromatic heterocycles. The molecule has 1 aromatic rings. The summed E-state index contributed by atoms with van der Waals surface area (Å²) in [5.74, 6) is 2.51. The van der Waals surface area contributed by atoms with Crippen LogP contribution in [0.5, 0.6) is 11.5 Å². The van der Waals surface area contributed by atoms with Crippen LogP contribution in [-0.2, 0) is 6.54 Å². The molecule has 148 valence electrons. The van der Waals surface area contributed by atoms with Gasteiger partial charge in [-0.15, -0.1) is 0 Å². The van der Waals surface area contributed by atoms with Gasteiger partial charge in [0.25, 0.3) is 0 Å². The van der Waals surface area contributed by atoms with E-state index in [1.807, 2.05) is 30.0 Å². The number of aliphatic hydroxyl groups excluding tert-OH is 1. The summed E-state index contributed by atoms with van der Waals surface area (Å²) in [6, 6.07) is 5.98. The molecule has 1 aromatic carbocycles. The van der Waals surface area contributed by atoms with Gasteiger partial charge in [-0.25, -0.2) is 0 Å². The first-order chi connectivity index (χ1) is 12.7. The number of nitrogens with one attached hydrogen (secondary N) is 1. The molecule has 0 radical (unpaired) electrons. The van der Waals surface area contributed by atoms with Crippen molar-refractivity contribution in [2.45, 2.75) is 38.3 Å². The Labute approximate surface area is 162 Å². The summed E-state index contributed by atoms with van der Waals surface area (Å²) in [6.45, 7) is 4.94. The molecule has 1 saturated heterocycles. The van der Waals surface area contributed by atoms with E-state index >= 15 is 0 Å². The average Bonchev–Trinajstić information content (AvgIpc) is 2.92. The number of hydrogen-bond acceptors (Lipinski definition) is 6. The fraction of sp³-hybridized carbons (Fsp3) is 0.700. The van der Waals surface area contributed by atoms with Crippen LogP contribution in [0.1, 0.15) is 31.2 Å². The standard InChI is InChI=1S/C20H34N2O3S/c1-24-20-13-17(14-21-9-12-26-2)7-8-19(20)25-16-18(23)15-22-10-5-3-4-6-11-22/h7-8,13,18,21,23H,3-6,9-12,14-16H2,1-2H3. The monoisotopic (exact) mass is 382 g/mol. The zero-order chi connectivity index (χ0) is 18.6. The average molecular weight is 383 g/mol. The summed E-state index contributed by atoms with van der Waals surface area (Å²) >= 11 is 1.84. The Morgan fingerprint density at radius 3 is 2.65 bits per heavy atom. The molecule has 1 heterocycles. The van der Waals surface area contributed by atoms with Crippen molar-refractivity contribution < 1.29 is 14.6 Å². The highest BCUT2D eigenvalue weighted by Crippen LogP contribution is 2.28. The van der Waals surface area contributed by atoms with Crippen LogP contribution in [0.15, 0.2) is 18.2 Å². The second-order valence-electron chi connectivity index (χ2n) is 6.83. The number of hydrogen-bond donors (Lipinski definition) is 2. The van der Waals surface area contributed by atoms with Crippen molar-refractivity contribution in [1.29, 1.82) is 0 Å². The highest BCUT2D eigenvalue weighted by atomic mass is 32.2. The van der Waals surface area contributed by atoms with E-state index in [-0.39, 0.29) is 6.61 Å². The third-order valence-electron chi connectivity index (χ3n) is 4.64. The van der Waals surface area contributed by atoms with E-state index in [1.54, 1.807) is 7.11 Å². The van der Waals surface area contributed by atoms with E-state index in [2.05, 4.69) is 16.5 Å². The Hall–Kier alpha value is -0.950. The number of aliphatic hydroxyl groups is 1. The minimum atomic E-state index is -0.481. The van der Waals surface area contributed by atoms with E-state index in [9.17, 15) is 5.11 Å². The maximum absolute atomic E-state index is 10.3. The molecule has 0 spiro atoms. The maximum Gasteiger partial charge on any atom is 0.161 e. The largest absolute Gasteiger partial charge is 0.493 e. The minimum Gasteiger partial charge on any atom is -0.493 e. The summed E-state index contributed by atoms with van der Waals surface area (Å²) in [5, 5.41) is 13.7. The van der Waals surface area contributed by atoms with Crippen LogP contribution in [0, 0.1) is 0 Å². The van der Waals surface area contributed by atoms with E-state index < -0.39 is 6.10 Å². The molecule has 1 aliphatic rings. The summed E-state index contributed by atoms with van der Waals surface area (Å²) in [4.78, 5) is 2.35. The third kappa shape index (κ3) is 7.74. The van der Waals surface area contributed by atoms with E-state index in [0.717, 1.165) is 37.7 Å². The predicted octanol–water partition coefficient (Wildman–Crippen LogP) is 2.76. The Bertz CT molecular complexity index is 508. The lowest BCUT2D eigenvalue weighted by molar-refractivity contribution is 0.0683. The fourth-order valence-electron chi connectivity index (χ4n) is 3.20. The molecule has 1 fully saturated rings. The van der Waals surface area contributed by atoms with Gasteiger partial charge in [0.2, 0.25) is 0 Å². The van der Waals surface area contributed by atoms with Crippen molar-refractivity contribution in [3.63, 3.8) is 0 Å². The molecule has 1 aliphatic heterocycles. The number of methoxy groups -OCH3 is 1. The van der Waals surface area contributed by atoms with Crippen molar-refractivity contribution in [1.82, 2.24) is 10.2 Å². The topological polar surface area (TPSA) is 54.0 Å². The maximum atomic E-state index is 10.3. The number of benzene rings is 1. The Morgan fingerprint density at radius 1 is 1.19 bits per heavy atom. The van der Waals surface area contributed by atoms with Gasteiger partial charge in [0.15, 0.2) is 11.5 Å². The number of ether oxygens (including phenoxy) is 2. The lowest BCUT2D eigenvalue weighted by Gasteiger charge is -2.23. The predicted molar refractivity (Wildman–Crippen MR) is 109 cm³/mol. The normalized spacial score (nSPS) is 16.9. The Morgan fingerprint density at radius 2 is 1.96 bits per heavy atom. The van der Waals surface area contributed by atoms with Gasteiger partial charge >= 0.3 is 0 Å². The van der Waals surface area contributed by atoms with Crippen LogP contribution in [-0.4, -0.2) is 68.0 Å². The molecular formula is C20H34N2O3S. The Kier molecular flexibility index (Phi) is 10.2. The molecule has 1 unspecified atom stereocenters. The van der Waals surface area contributed by atoms with Crippen LogP contribution in [0.3, 0.4) is 0 Å². The molecule has 2 rings (SSSR count). The SMILES string of the molecule is COc1cc(CNCCSC)ccc1OCC(O)CN1CCCCCC1. The smallest absolute Gasteiger partial charge is 0.161 e. The fourth-order valence-corrected chi connectivity index (χ4v) is 3.55. The van der Waals surface area contributed by atoms with Crippen LogP contribution < -0.4 is 14.8 Å². The second kappa shape index (κ2) is 12.4. The summed E-state index contributed by atoms with van der Waals surface area (Å²) in [7, 11) is 1.65. The molecule has 1 atom stereocenters. The molecule has 0 aliphatic carbocycles. The summed E-state index contributed by atoms with van der Waals surface area (Å²) < 4.78 is 11.3. The zero-order valence-corrected chi connectivity index (χ0v) is 17.0. The molecule has 0 amide bonds. The van der Waals surface area contributed by atoms with E-state index in [1.165, 1.54) is 31.2 Å². The molecule has 26 heavy (non-hydrogen) atoms. The van der Waals surface area contributed by atoms with Crippen molar-refractivity contribution in [2.24, 2.45) is 0 Å². The molecule has 0 saturated carbocycles. The van der Waals surface area contributed by atoms with Gasteiger partial charge in [-0.3, -0.25) is 0 Å². The van der Waals surface area contributed by atoms with Gasteiger partial charge in [-0.1, -0.05) is 18.9 Å². The Balaban J connectivity index is 1.79. The number of nitrogens with zero attached hydrogens (tertiary/aromatic N) is 1. The minimum absolute atomic E-state index is 0.290. The van der Waals surface area contributed by atoms with Gasteiger partial charge in [0, 0.05) is 25.4 Å². The van der Waals surface area contributed by atoms with Crippen molar-refractivity contribution in [3.05, 3.63) is 23.8 Å². The molecule has 0 bridgehead atoms. The number of likely N-dealkylation sites (tertiary alicyclic amines) is 1. The zero-order valence-electron chi connectivity index (χ0n) is 16.2. The van der Waals surface area contributed by atoms with Crippen molar-refractivity contribution in [2.75, 3.05) is 51.9 Å². The quantitative estimate of drug-likeness (QED) is 0.574. The molecule has 6 heteroatoms. The second-order valence-corrected chi connectivity index (χ2v) is 7.82. The third-order valence-corrected chi connectivity index (χ3v) is 5.25. The first-order valence-electron chi connectivity index (χ1n) is 9.62. The highest BCUT2D eigenvalue weighted by Gasteiger charge is 2.15. The van der Waals surface area contributed by atoms with Gasteiger partial charge < -0.3 is 24.8 Å².